The van der Waals surface area contributed by atoms with Gasteiger partial charge in [0.05, 0.1) is 10.4 Å². The first-order valence-corrected chi connectivity index (χ1v) is 9.07. The average molecular weight is 379 g/mol. The lowest BCUT2D eigenvalue weighted by Gasteiger charge is -2.20. The Labute approximate surface area is 141 Å². The third-order valence-corrected chi connectivity index (χ3v) is 6.30. The van der Waals surface area contributed by atoms with Gasteiger partial charge in [-0.3, -0.25) is 0 Å². The van der Waals surface area contributed by atoms with Crippen LogP contribution in [0.5, 0.6) is 0 Å². The number of hydrogen-bond acceptors (Lipinski definition) is 5. The Morgan fingerprint density at radius 2 is 1.91 bits per heavy atom. The molecule has 0 amide bonds. The number of hydrogen-bond donors (Lipinski definition) is 1. The van der Waals surface area contributed by atoms with Crippen LogP contribution >= 0.6 is 34.5 Å². The molecule has 1 N–H and O–H groups in total. The molecule has 0 saturated heterocycles. The summed E-state index contributed by atoms with van der Waals surface area (Å²) in [5.74, 6) is -1.39. The Morgan fingerprint density at radius 1 is 1.23 bits per heavy atom. The standard InChI is InChI=1S/C13H11Cl2NO4S2/c14-9-4-2-1-3-8(9)10(7-12(17)18)16-22(19,20)13-6-5-11(15)21-13/h1-6,10,16H,7H2,(H,17,18)/p-1/t10-/m0/s1. The molecule has 9 heteroatoms. The van der Waals surface area contributed by atoms with Gasteiger partial charge in [0, 0.05) is 17.4 Å². The Kier molecular flexibility index (Phi) is 5.46. The van der Waals surface area contributed by atoms with E-state index in [-0.39, 0.29) is 9.23 Å². The van der Waals surface area contributed by atoms with Crippen molar-refractivity contribution in [2.24, 2.45) is 0 Å². The third kappa shape index (κ3) is 4.21. The van der Waals surface area contributed by atoms with Crippen molar-refractivity contribution in [2.45, 2.75) is 16.7 Å². The van der Waals surface area contributed by atoms with E-state index in [2.05, 4.69) is 4.72 Å². The highest BCUT2D eigenvalue weighted by Crippen LogP contribution is 2.29. The first kappa shape index (κ1) is 17.2. The fourth-order valence-electron chi connectivity index (χ4n) is 1.83. The van der Waals surface area contributed by atoms with Gasteiger partial charge in [0.1, 0.15) is 4.21 Å². The molecule has 1 atom stereocenters. The zero-order valence-corrected chi connectivity index (χ0v) is 14.1. The largest absolute Gasteiger partial charge is 0.550 e. The Morgan fingerprint density at radius 3 is 2.45 bits per heavy atom. The lowest BCUT2D eigenvalue weighted by Crippen LogP contribution is -2.34. The van der Waals surface area contributed by atoms with Gasteiger partial charge >= 0.3 is 0 Å². The number of carbonyl (C=O) groups excluding carboxylic acids is 1. The molecule has 0 aliphatic rings. The van der Waals surface area contributed by atoms with E-state index < -0.39 is 28.5 Å². The summed E-state index contributed by atoms with van der Waals surface area (Å²) in [7, 11) is -3.91. The molecular weight excluding hydrogens is 369 g/mol. The molecule has 118 valence electrons. The van der Waals surface area contributed by atoms with Crippen LogP contribution in [0.4, 0.5) is 0 Å². The monoisotopic (exact) mass is 378 g/mol. The number of sulfonamides is 1. The van der Waals surface area contributed by atoms with Gasteiger partial charge in [-0.1, -0.05) is 41.4 Å². The Bertz CT molecular complexity index is 789. The van der Waals surface area contributed by atoms with Crippen LogP contribution in [0.3, 0.4) is 0 Å². The van der Waals surface area contributed by atoms with Crippen LogP contribution in [-0.2, 0) is 14.8 Å². The van der Waals surface area contributed by atoms with Crippen molar-refractivity contribution in [2.75, 3.05) is 0 Å². The van der Waals surface area contributed by atoms with Crippen molar-refractivity contribution in [3.05, 3.63) is 51.3 Å². The molecule has 0 bridgehead atoms. The predicted molar refractivity (Wildman–Crippen MR) is 83.5 cm³/mol. The summed E-state index contributed by atoms with van der Waals surface area (Å²) < 4.78 is 27.3. The summed E-state index contributed by atoms with van der Waals surface area (Å²) in [5, 5.41) is 11.2. The first-order chi connectivity index (χ1) is 10.3. The average Bonchev–Trinajstić information content (AvgIpc) is 2.85. The maximum atomic E-state index is 12.3. The van der Waals surface area contributed by atoms with Crippen LogP contribution < -0.4 is 9.83 Å². The van der Waals surface area contributed by atoms with Crippen LogP contribution in [0.2, 0.25) is 9.36 Å². The Balaban J connectivity index is 2.35. The van der Waals surface area contributed by atoms with E-state index in [0.717, 1.165) is 11.3 Å². The maximum Gasteiger partial charge on any atom is 0.250 e. The van der Waals surface area contributed by atoms with Gasteiger partial charge in [0.15, 0.2) is 0 Å². The fraction of sp³-hybridized carbons (Fsp3) is 0.154. The first-order valence-electron chi connectivity index (χ1n) is 6.01. The minimum absolute atomic E-state index is 0.00657. The molecule has 1 aromatic heterocycles. The number of benzene rings is 1. The molecule has 5 nitrogen and oxygen atoms in total. The van der Waals surface area contributed by atoms with E-state index in [9.17, 15) is 18.3 Å². The molecule has 2 rings (SSSR count). The minimum Gasteiger partial charge on any atom is -0.550 e. The van der Waals surface area contributed by atoms with E-state index in [4.69, 9.17) is 23.2 Å². The van der Waals surface area contributed by atoms with Crippen LogP contribution in [0.15, 0.2) is 40.6 Å². The summed E-state index contributed by atoms with van der Waals surface area (Å²) in [5.41, 5.74) is 0.361. The van der Waals surface area contributed by atoms with Gasteiger partial charge in [-0.25, -0.2) is 13.1 Å². The van der Waals surface area contributed by atoms with E-state index in [1.807, 2.05) is 0 Å². The second-order valence-corrected chi connectivity index (χ2v) is 8.39. The van der Waals surface area contributed by atoms with Crippen molar-refractivity contribution in [3.8, 4) is 0 Å². The van der Waals surface area contributed by atoms with E-state index in [0.29, 0.717) is 9.90 Å². The van der Waals surface area contributed by atoms with Crippen LogP contribution in [0, 0.1) is 0 Å². The summed E-state index contributed by atoms with van der Waals surface area (Å²) in [4.78, 5) is 10.9. The van der Waals surface area contributed by atoms with Crippen molar-refractivity contribution >= 4 is 50.5 Å². The van der Waals surface area contributed by atoms with E-state index in [1.165, 1.54) is 12.1 Å². The van der Waals surface area contributed by atoms with E-state index >= 15 is 0 Å². The highest BCUT2D eigenvalue weighted by atomic mass is 35.5. The van der Waals surface area contributed by atoms with Crippen LogP contribution in [0.25, 0.3) is 0 Å². The lowest BCUT2D eigenvalue weighted by molar-refractivity contribution is -0.306. The SMILES string of the molecule is O=C([O-])C[C@H](NS(=O)(=O)c1ccc(Cl)s1)c1ccccc1Cl. The minimum atomic E-state index is -3.91. The molecule has 0 fully saturated rings. The molecule has 0 aliphatic carbocycles. The maximum absolute atomic E-state index is 12.3. The number of thiophene rings is 1. The predicted octanol–water partition coefficient (Wildman–Crippen LogP) is 2.21. The van der Waals surface area contributed by atoms with Gasteiger partial charge in [0.25, 0.3) is 10.0 Å². The molecule has 0 spiro atoms. The van der Waals surface area contributed by atoms with Crippen molar-refractivity contribution in [1.29, 1.82) is 0 Å². The zero-order chi connectivity index (χ0) is 16.3. The smallest absolute Gasteiger partial charge is 0.250 e. The topological polar surface area (TPSA) is 86.3 Å². The number of rotatable bonds is 6. The number of carboxylic acid groups (broad SMARTS) is 1. The summed E-state index contributed by atoms with van der Waals surface area (Å²) in [6.45, 7) is 0. The number of halogens is 2. The van der Waals surface area contributed by atoms with Gasteiger partial charge in [-0.2, -0.15) is 0 Å². The van der Waals surface area contributed by atoms with Crippen molar-refractivity contribution in [3.63, 3.8) is 0 Å². The van der Waals surface area contributed by atoms with Crippen LogP contribution in [-0.4, -0.2) is 14.4 Å². The molecule has 2 aromatic rings. The van der Waals surface area contributed by atoms with Crippen molar-refractivity contribution < 1.29 is 18.3 Å². The number of aliphatic carboxylic acids is 1. The van der Waals surface area contributed by atoms with E-state index in [1.54, 1.807) is 24.3 Å². The highest BCUT2D eigenvalue weighted by molar-refractivity contribution is 7.91. The number of carboxylic acids is 1. The van der Waals surface area contributed by atoms with Crippen molar-refractivity contribution in [1.82, 2.24) is 4.72 Å². The molecule has 0 radical (unpaired) electrons. The fourth-order valence-corrected chi connectivity index (χ4v) is 4.81. The second kappa shape index (κ2) is 6.97. The molecule has 1 heterocycles. The summed E-state index contributed by atoms with van der Waals surface area (Å²) in [6.07, 6.45) is -0.540. The second-order valence-electron chi connectivity index (χ2n) is 4.33. The van der Waals surface area contributed by atoms with Gasteiger partial charge in [-0.15, -0.1) is 11.3 Å². The molecule has 0 unspecified atom stereocenters. The van der Waals surface area contributed by atoms with Crippen LogP contribution in [0.1, 0.15) is 18.0 Å². The summed E-state index contributed by atoms with van der Waals surface area (Å²) >= 11 is 12.6. The molecule has 0 aliphatic heterocycles. The normalized spacial score (nSPS) is 13.0. The van der Waals surface area contributed by atoms with Gasteiger partial charge in [-0.05, 0) is 23.8 Å². The van der Waals surface area contributed by atoms with Gasteiger partial charge < -0.3 is 9.90 Å². The molecule has 22 heavy (non-hydrogen) atoms. The number of carbonyl (C=O) groups is 1. The lowest BCUT2D eigenvalue weighted by atomic mass is 10.1. The summed E-state index contributed by atoms with van der Waals surface area (Å²) in [6, 6.07) is 8.16. The van der Waals surface area contributed by atoms with Gasteiger partial charge in [0.2, 0.25) is 0 Å². The highest BCUT2D eigenvalue weighted by Gasteiger charge is 2.24. The quantitative estimate of drug-likeness (QED) is 0.834. The molecule has 1 aromatic carbocycles. The molecular formula is C13H10Cl2NO4S2-. The number of nitrogens with one attached hydrogen (secondary N) is 1. The zero-order valence-electron chi connectivity index (χ0n) is 11.0. The molecule has 0 saturated carbocycles. The third-order valence-electron chi connectivity index (χ3n) is 2.76. The Hall–Kier alpha value is -1.12.